The van der Waals surface area contributed by atoms with Crippen molar-refractivity contribution in [1.82, 2.24) is 9.88 Å². The van der Waals surface area contributed by atoms with Gasteiger partial charge in [-0.15, -0.1) is 0 Å². The predicted octanol–water partition coefficient (Wildman–Crippen LogP) is 4.37. The minimum absolute atomic E-state index is 0.0306. The van der Waals surface area contributed by atoms with Gasteiger partial charge in [0.25, 0.3) is 0 Å². The number of hydrogen-bond donors (Lipinski definition) is 0. The molecule has 136 valence electrons. The lowest BCUT2D eigenvalue weighted by Gasteiger charge is -2.39. The number of fused-ring (bicyclic) bond motifs is 2. The molecule has 2 aliphatic rings. The summed E-state index contributed by atoms with van der Waals surface area (Å²) in [5.74, 6) is 1.02. The molecule has 1 saturated heterocycles. The molecule has 0 N–H and O–H groups in total. The first-order valence-corrected chi connectivity index (χ1v) is 10.3. The number of halogens is 1. The summed E-state index contributed by atoms with van der Waals surface area (Å²) >= 11 is 3.59. The molecule has 2 heterocycles. The highest BCUT2D eigenvalue weighted by atomic mass is 79.9. The average Bonchev–Trinajstić information content (AvgIpc) is 2.79. The number of Topliss-reactive ketones (excluding diaryl/α,β-unsaturated/α-hetero) is 1. The third-order valence-corrected chi connectivity index (χ3v) is 6.60. The molecule has 1 aromatic heterocycles. The second kappa shape index (κ2) is 7.24. The van der Waals surface area contributed by atoms with Gasteiger partial charge < -0.3 is 0 Å². The SMILES string of the molecule is CC(=O)[C@H]1CC([C@H]2c3ccccc3CCc3cc(Br)cnc32)CCN1C. The lowest BCUT2D eigenvalue weighted by molar-refractivity contribution is -0.123. The smallest absolute Gasteiger partial charge is 0.146 e. The number of piperidine rings is 1. The first kappa shape index (κ1) is 17.9. The van der Waals surface area contributed by atoms with Gasteiger partial charge in [0.2, 0.25) is 0 Å². The van der Waals surface area contributed by atoms with E-state index in [-0.39, 0.29) is 17.7 Å². The zero-order valence-electron chi connectivity index (χ0n) is 15.4. The van der Waals surface area contributed by atoms with Crippen LogP contribution in [0.15, 0.2) is 41.0 Å². The fourth-order valence-electron chi connectivity index (χ4n) is 4.82. The van der Waals surface area contributed by atoms with E-state index in [0.717, 1.165) is 36.7 Å². The van der Waals surface area contributed by atoms with Gasteiger partial charge in [-0.05, 0) is 90.8 Å². The standard InChI is InChI=1S/C22H25BrN2O/c1-14(26)20-12-16(9-10-25(20)2)21-19-6-4-3-5-15(19)7-8-17-11-18(23)13-24-22(17)21/h3-6,11,13,16,20-21H,7-10,12H2,1-2H3/t16?,20-,21+/m1/s1. The maximum absolute atomic E-state index is 12.2. The van der Waals surface area contributed by atoms with Crippen molar-refractivity contribution in [3.8, 4) is 0 Å². The van der Waals surface area contributed by atoms with Gasteiger partial charge in [0, 0.05) is 16.6 Å². The normalized spacial score (nSPS) is 25.9. The topological polar surface area (TPSA) is 33.2 Å². The van der Waals surface area contributed by atoms with Crippen LogP contribution >= 0.6 is 15.9 Å². The third-order valence-electron chi connectivity index (χ3n) is 6.17. The zero-order chi connectivity index (χ0) is 18.3. The summed E-state index contributed by atoms with van der Waals surface area (Å²) in [4.78, 5) is 19.3. The fourth-order valence-corrected chi connectivity index (χ4v) is 5.20. The summed E-state index contributed by atoms with van der Waals surface area (Å²) in [5, 5.41) is 0. The van der Waals surface area contributed by atoms with Crippen LogP contribution in [0.2, 0.25) is 0 Å². The number of benzene rings is 1. The summed E-state index contributed by atoms with van der Waals surface area (Å²) in [6, 6.07) is 11.1. The quantitative estimate of drug-likeness (QED) is 0.733. The van der Waals surface area contributed by atoms with E-state index in [4.69, 9.17) is 4.98 Å². The summed E-state index contributed by atoms with van der Waals surface area (Å²) in [6.45, 7) is 2.70. The van der Waals surface area contributed by atoms with Crippen molar-refractivity contribution in [2.45, 2.75) is 44.6 Å². The van der Waals surface area contributed by atoms with E-state index in [1.807, 2.05) is 6.20 Å². The monoisotopic (exact) mass is 412 g/mol. The van der Waals surface area contributed by atoms with Gasteiger partial charge in [0.15, 0.2) is 0 Å². The summed E-state index contributed by atoms with van der Waals surface area (Å²) in [6.07, 6.45) is 6.04. The minimum atomic E-state index is 0.0306. The van der Waals surface area contributed by atoms with Gasteiger partial charge in [-0.1, -0.05) is 24.3 Å². The van der Waals surface area contributed by atoms with Gasteiger partial charge in [-0.3, -0.25) is 14.7 Å². The Balaban J connectivity index is 1.80. The largest absolute Gasteiger partial charge is 0.298 e. The molecule has 3 nitrogen and oxygen atoms in total. The number of ketones is 1. The minimum Gasteiger partial charge on any atom is -0.298 e. The van der Waals surface area contributed by atoms with Crippen LogP contribution in [0.4, 0.5) is 0 Å². The van der Waals surface area contributed by atoms with Crippen LogP contribution in [0.3, 0.4) is 0 Å². The molecule has 0 spiro atoms. The molecular weight excluding hydrogens is 388 g/mol. The van der Waals surface area contributed by atoms with E-state index in [1.165, 1.54) is 22.4 Å². The number of carbonyl (C=O) groups excluding carboxylic acids is 1. The van der Waals surface area contributed by atoms with E-state index in [0.29, 0.717) is 5.92 Å². The summed E-state index contributed by atoms with van der Waals surface area (Å²) < 4.78 is 1.05. The number of likely N-dealkylation sites (tertiary alicyclic amines) is 1. The molecule has 0 amide bonds. The summed E-state index contributed by atoms with van der Waals surface area (Å²) in [7, 11) is 2.08. The Kier molecular flexibility index (Phi) is 4.98. The Hall–Kier alpha value is -1.52. The number of hydrogen-bond acceptors (Lipinski definition) is 3. The van der Waals surface area contributed by atoms with E-state index < -0.39 is 0 Å². The van der Waals surface area contributed by atoms with Crippen molar-refractivity contribution in [2.75, 3.05) is 13.6 Å². The highest BCUT2D eigenvalue weighted by Crippen LogP contribution is 2.43. The molecule has 4 heteroatoms. The first-order chi connectivity index (χ1) is 12.5. The molecule has 2 aromatic rings. The van der Waals surface area contributed by atoms with Crippen molar-refractivity contribution in [2.24, 2.45) is 5.92 Å². The second-order valence-corrected chi connectivity index (χ2v) is 8.68. The molecule has 26 heavy (non-hydrogen) atoms. The number of aromatic nitrogens is 1. The van der Waals surface area contributed by atoms with Gasteiger partial charge in [0.05, 0.1) is 11.7 Å². The highest BCUT2D eigenvalue weighted by Gasteiger charge is 2.37. The molecular formula is C22H25BrN2O. The first-order valence-electron chi connectivity index (χ1n) is 9.47. The van der Waals surface area contributed by atoms with Crippen molar-refractivity contribution < 1.29 is 4.79 Å². The van der Waals surface area contributed by atoms with Crippen molar-refractivity contribution in [3.05, 3.63) is 63.4 Å². The molecule has 1 unspecified atom stereocenters. The molecule has 1 aromatic carbocycles. The third kappa shape index (κ3) is 3.25. The maximum Gasteiger partial charge on any atom is 0.146 e. The van der Waals surface area contributed by atoms with Crippen molar-refractivity contribution in [1.29, 1.82) is 0 Å². The van der Waals surface area contributed by atoms with Gasteiger partial charge >= 0.3 is 0 Å². The Morgan fingerprint density at radius 2 is 2.00 bits per heavy atom. The number of aryl methyl sites for hydroxylation is 2. The lowest BCUT2D eigenvalue weighted by Crippen LogP contribution is -2.45. The fraction of sp³-hybridized carbons (Fsp3) is 0.455. The highest BCUT2D eigenvalue weighted by molar-refractivity contribution is 9.10. The van der Waals surface area contributed by atoms with Gasteiger partial charge in [0.1, 0.15) is 5.78 Å². The number of likely N-dealkylation sites (N-methyl/N-ethyl adjacent to an activating group) is 1. The zero-order valence-corrected chi connectivity index (χ0v) is 17.0. The maximum atomic E-state index is 12.2. The number of rotatable bonds is 2. The molecule has 1 fully saturated rings. The number of pyridine rings is 1. The Labute approximate surface area is 163 Å². The van der Waals surface area contributed by atoms with Crippen molar-refractivity contribution in [3.63, 3.8) is 0 Å². The molecule has 1 aliphatic heterocycles. The van der Waals surface area contributed by atoms with Crippen LogP contribution in [0, 0.1) is 5.92 Å². The van der Waals surface area contributed by atoms with E-state index >= 15 is 0 Å². The van der Waals surface area contributed by atoms with Crippen LogP contribution in [-0.4, -0.2) is 35.3 Å². The van der Waals surface area contributed by atoms with E-state index in [9.17, 15) is 4.79 Å². The molecule has 0 saturated carbocycles. The van der Waals surface area contributed by atoms with Crippen LogP contribution in [0.5, 0.6) is 0 Å². The average molecular weight is 413 g/mol. The molecule has 4 rings (SSSR count). The van der Waals surface area contributed by atoms with Crippen LogP contribution in [-0.2, 0) is 17.6 Å². The van der Waals surface area contributed by atoms with Gasteiger partial charge in [-0.2, -0.15) is 0 Å². The van der Waals surface area contributed by atoms with Crippen LogP contribution in [0.1, 0.15) is 48.1 Å². The lowest BCUT2D eigenvalue weighted by atomic mass is 9.74. The van der Waals surface area contributed by atoms with E-state index in [2.05, 4.69) is 58.2 Å². The Bertz CT molecular complexity index is 835. The Morgan fingerprint density at radius 3 is 2.81 bits per heavy atom. The number of nitrogens with zero attached hydrogens (tertiary/aromatic N) is 2. The van der Waals surface area contributed by atoms with Gasteiger partial charge in [-0.25, -0.2) is 0 Å². The second-order valence-electron chi connectivity index (χ2n) is 7.77. The summed E-state index contributed by atoms with van der Waals surface area (Å²) in [5.41, 5.74) is 5.41. The Morgan fingerprint density at radius 1 is 1.23 bits per heavy atom. The predicted molar refractivity (Wildman–Crippen MR) is 107 cm³/mol. The molecule has 3 atom stereocenters. The molecule has 0 radical (unpaired) electrons. The van der Waals surface area contributed by atoms with Crippen LogP contribution in [0.25, 0.3) is 0 Å². The number of carbonyl (C=O) groups is 1. The van der Waals surface area contributed by atoms with Crippen LogP contribution < -0.4 is 0 Å². The molecule has 1 aliphatic carbocycles. The van der Waals surface area contributed by atoms with E-state index in [1.54, 1.807) is 6.92 Å². The van der Waals surface area contributed by atoms with Crippen molar-refractivity contribution >= 4 is 21.7 Å². The molecule has 0 bridgehead atoms.